The molecule has 0 aliphatic carbocycles. The maximum atomic E-state index is 13.2. The zero-order chi connectivity index (χ0) is 27.7. The van der Waals surface area contributed by atoms with E-state index in [9.17, 15) is 24.6 Å². The van der Waals surface area contributed by atoms with E-state index in [4.69, 9.17) is 9.47 Å². The molecule has 0 unspecified atom stereocenters. The van der Waals surface area contributed by atoms with Gasteiger partial charge in [0.05, 0.1) is 47.0 Å². The molecule has 37 heavy (non-hydrogen) atoms. The summed E-state index contributed by atoms with van der Waals surface area (Å²) in [5, 5.41) is 24.1. The lowest BCUT2D eigenvalue weighted by Crippen LogP contribution is -2.45. The lowest BCUT2D eigenvalue weighted by atomic mass is 9.73. The number of aliphatic hydroxyl groups is 2. The minimum Gasteiger partial charge on any atom is -0.458 e. The molecule has 0 bridgehead atoms. The first-order valence-corrected chi connectivity index (χ1v) is 13.9. The topological polar surface area (TPSA) is 117 Å². The van der Waals surface area contributed by atoms with Gasteiger partial charge in [-0.1, -0.05) is 52.5 Å². The zero-order valence-electron chi connectivity index (χ0n) is 22.7. The molecule has 2 N–H and O–H groups in total. The van der Waals surface area contributed by atoms with Crippen LogP contribution in [0, 0.1) is 17.3 Å². The van der Waals surface area contributed by atoms with Crippen LogP contribution in [0.4, 0.5) is 0 Å². The quantitative estimate of drug-likeness (QED) is 0.401. The molecule has 0 spiro atoms. The van der Waals surface area contributed by atoms with Gasteiger partial charge in [-0.05, 0) is 37.3 Å². The van der Waals surface area contributed by atoms with Crippen molar-refractivity contribution in [3.8, 4) is 0 Å². The first-order chi connectivity index (χ1) is 17.2. The molecule has 9 heteroatoms. The first kappa shape index (κ1) is 29.6. The monoisotopic (exact) mass is 535 g/mol. The molecule has 3 heterocycles. The van der Waals surface area contributed by atoms with Gasteiger partial charge in [0.15, 0.2) is 0 Å². The second-order valence-corrected chi connectivity index (χ2v) is 12.2. The van der Waals surface area contributed by atoms with E-state index in [1.807, 2.05) is 25.3 Å². The number of ether oxygens (including phenoxy) is 2. The van der Waals surface area contributed by atoms with Crippen molar-refractivity contribution < 1.29 is 34.1 Å². The lowest BCUT2D eigenvalue weighted by molar-refractivity contribution is -0.154. The normalized spacial score (nSPS) is 36.1. The standard InChI is InChI=1S/C28H41NO7S/c1-15-9-8-10-21-23(35-21)12-22(16(2)11-20-14-37-19(5)29(20)18(4)30)36-25(32)13-24(31)28(6,7)27(34)17(3)26(15)33/h11,14-15,17,21-24,26,31,33H,5,8-10,12-13H2,1-4,6-7H3/t15-,17+,21+,22-,23-,24-,26-/m0/s1. The van der Waals surface area contributed by atoms with Crippen LogP contribution >= 0.6 is 11.8 Å². The largest absolute Gasteiger partial charge is 0.458 e. The predicted molar refractivity (Wildman–Crippen MR) is 142 cm³/mol. The van der Waals surface area contributed by atoms with E-state index in [2.05, 4.69) is 6.58 Å². The van der Waals surface area contributed by atoms with Crippen LogP contribution in [0.3, 0.4) is 0 Å². The average Bonchev–Trinajstić information content (AvgIpc) is 3.45. The number of hydrogen-bond donors (Lipinski definition) is 2. The van der Waals surface area contributed by atoms with Gasteiger partial charge in [-0.2, -0.15) is 0 Å². The summed E-state index contributed by atoms with van der Waals surface area (Å²) in [7, 11) is 0. The van der Waals surface area contributed by atoms with Gasteiger partial charge in [-0.15, -0.1) is 0 Å². The Morgan fingerprint density at radius 1 is 1.19 bits per heavy atom. The van der Waals surface area contributed by atoms with Crippen molar-refractivity contribution in [2.45, 2.75) is 104 Å². The number of aliphatic hydroxyl groups excluding tert-OH is 2. The molecule has 0 aromatic carbocycles. The molecule has 3 aliphatic rings. The van der Waals surface area contributed by atoms with E-state index in [-0.39, 0.29) is 36.2 Å². The number of carbonyl (C=O) groups excluding carboxylic acids is 3. The van der Waals surface area contributed by atoms with Crippen molar-refractivity contribution >= 4 is 29.4 Å². The number of carbonyl (C=O) groups is 3. The van der Waals surface area contributed by atoms with Crippen molar-refractivity contribution in [2.75, 3.05) is 0 Å². The fraction of sp³-hybridized carbons (Fsp3) is 0.679. The molecule has 1 amide bonds. The number of thioether (sulfide) groups is 1. The highest BCUT2D eigenvalue weighted by Crippen LogP contribution is 2.38. The maximum absolute atomic E-state index is 13.2. The van der Waals surface area contributed by atoms with Crippen molar-refractivity contribution in [1.82, 2.24) is 4.90 Å². The lowest BCUT2D eigenvalue weighted by Gasteiger charge is -2.34. The van der Waals surface area contributed by atoms with Crippen LogP contribution in [-0.2, 0) is 23.9 Å². The molecule has 3 rings (SSSR count). The predicted octanol–water partition coefficient (Wildman–Crippen LogP) is 4.07. The summed E-state index contributed by atoms with van der Waals surface area (Å²) in [6.45, 7) is 14.0. The van der Waals surface area contributed by atoms with Crippen LogP contribution in [0.5, 0.6) is 0 Å². The molecule has 2 saturated heterocycles. The molecule has 2 fully saturated rings. The summed E-state index contributed by atoms with van der Waals surface area (Å²) < 4.78 is 11.7. The van der Waals surface area contributed by atoms with E-state index in [1.54, 1.807) is 20.8 Å². The SMILES string of the molecule is C=C1SC=C(C=C(C)[C@@H]2C[C@@H]3O[C@@H]3CCC[C@H](C)[C@H](O)[C@@H](C)C(=O)C(C)(C)[C@@H](O)CC(=O)O2)N1C(C)=O. The first-order valence-electron chi connectivity index (χ1n) is 13.0. The van der Waals surface area contributed by atoms with E-state index in [0.29, 0.717) is 17.1 Å². The van der Waals surface area contributed by atoms with Crippen LogP contribution in [0.1, 0.15) is 73.6 Å². The van der Waals surface area contributed by atoms with Crippen molar-refractivity contribution in [3.05, 3.63) is 34.4 Å². The van der Waals surface area contributed by atoms with Gasteiger partial charge in [0.2, 0.25) is 5.91 Å². The molecular weight excluding hydrogens is 494 g/mol. The van der Waals surface area contributed by atoms with Crippen LogP contribution in [0.25, 0.3) is 0 Å². The highest BCUT2D eigenvalue weighted by atomic mass is 32.2. The van der Waals surface area contributed by atoms with E-state index < -0.39 is 35.6 Å². The number of epoxide rings is 1. The fourth-order valence-corrected chi connectivity index (χ4v) is 5.94. The Morgan fingerprint density at radius 3 is 2.51 bits per heavy atom. The molecular formula is C28H41NO7S. The van der Waals surface area contributed by atoms with Crippen LogP contribution in [0.2, 0.25) is 0 Å². The van der Waals surface area contributed by atoms with Gasteiger partial charge in [-0.3, -0.25) is 19.3 Å². The van der Waals surface area contributed by atoms with Crippen molar-refractivity contribution in [1.29, 1.82) is 0 Å². The number of ketones is 1. The van der Waals surface area contributed by atoms with Gasteiger partial charge in [0, 0.05) is 24.7 Å². The van der Waals surface area contributed by atoms with Gasteiger partial charge in [0.25, 0.3) is 0 Å². The smallest absolute Gasteiger partial charge is 0.309 e. The van der Waals surface area contributed by atoms with Gasteiger partial charge < -0.3 is 19.7 Å². The average molecular weight is 536 g/mol. The number of rotatable bonds is 2. The number of amides is 1. The molecule has 0 aromatic rings. The Bertz CT molecular complexity index is 987. The number of cyclic esters (lactones) is 1. The minimum absolute atomic E-state index is 0.0459. The molecule has 0 radical (unpaired) electrons. The summed E-state index contributed by atoms with van der Waals surface area (Å²) in [5.74, 6) is -1.83. The van der Waals surface area contributed by atoms with E-state index in [1.165, 1.54) is 23.6 Å². The van der Waals surface area contributed by atoms with Gasteiger partial charge in [-0.25, -0.2) is 0 Å². The highest BCUT2D eigenvalue weighted by Gasteiger charge is 2.44. The number of esters is 1. The van der Waals surface area contributed by atoms with Crippen LogP contribution < -0.4 is 0 Å². The van der Waals surface area contributed by atoms with Crippen molar-refractivity contribution in [3.63, 3.8) is 0 Å². The van der Waals surface area contributed by atoms with Crippen molar-refractivity contribution in [2.24, 2.45) is 17.3 Å². The summed E-state index contributed by atoms with van der Waals surface area (Å²) >= 11 is 1.36. The number of allylic oxidation sites excluding steroid dienone is 1. The molecule has 8 nitrogen and oxygen atoms in total. The second-order valence-electron chi connectivity index (χ2n) is 11.2. The second kappa shape index (κ2) is 11.8. The third kappa shape index (κ3) is 6.93. The number of Topliss-reactive ketones (excluding diaryl/α,β-unsaturated/α-hetero) is 1. The third-order valence-electron chi connectivity index (χ3n) is 7.91. The van der Waals surface area contributed by atoms with E-state index >= 15 is 0 Å². The molecule has 0 aromatic heterocycles. The van der Waals surface area contributed by atoms with E-state index in [0.717, 1.165) is 24.8 Å². The highest BCUT2D eigenvalue weighted by molar-refractivity contribution is 8.06. The van der Waals surface area contributed by atoms with Gasteiger partial charge in [0.1, 0.15) is 11.9 Å². The summed E-state index contributed by atoms with van der Waals surface area (Å²) in [4.78, 5) is 39.8. The Labute approximate surface area is 224 Å². The Hall–Kier alpha value is -1.94. The number of hydrogen-bond acceptors (Lipinski definition) is 8. The molecule has 7 atom stereocenters. The molecule has 3 aliphatic heterocycles. The van der Waals surface area contributed by atoms with Crippen LogP contribution in [0.15, 0.2) is 34.4 Å². The fourth-order valence-electron chi connectivity index (χ4n) is 5.17. The zero-order valence-corrected chi connectivity index (χ0v) is 23.5. The summed E-state index contributed by atoms with van der Waals surface area (Å²) in [6, 6.07) is 0. The number of nitrogens with zero attached hydrogens (tertiary/aromatic N) is 1. The van der Waals surface area contributed by atoms with Gasteiger partial charge >= 0.3 is 5.97 Å². The summed E-state index contributed by atoms with van der Waals surface area (Å²) in [5.41, 5.74) is 0.159. The Kier molecular flexibility index (Phi) is 9.48. The molecule has 206 valence electrons. The minimum atomic E-state index is -1.27. The number of fused-ring (bicyclic) bond motifs is 1. The molecule has 0 saturated carbocycles. The maximum Gasteiger partial charge on any atom is 0.309 e. The summed E-state index contributed by atoms with van der Waals surface area (Å²) in [6.07, 6.45) is 1.57. The third-order valence-corrected chi connectivity index (χ3v) is 8.73. The Morgan fingerprint density at radius 2 is 1.86 bits per heavy atom. The van der Waals surface area contributed by atoms with Crippen LogP contribution in [-0.4, -0.2) is 63.3 Å². The Balaban J connectivity index is 1.84.